The van der Waals surface area contributed by atoms with Gasteiger partial charge >= 0.3 is 6.09 Å². The lowest BCUT2D eigenvalue weighted by Crippen LogP contribution is -2.55. The third-order valence-electron chi connectivity index (χ3n) is 7.25. The molecule has 7 nitrogen and oxygen atoms in total. The Morgan fingerprint density at radius 2 is 1.68 bits per heavy atom. The van der Waals surface area contributed by atoms with Crippen molar-refractivity contribution in [1.29, 1.82) is 0 Å². The maximum Gasteiger partial charge on any atom is 0.408 e. The first kappa shape index (κ1) is 31.6. The Bertz CT molecular complexity index is 932. The van der Waals surface area contributed by atoms with Crippen molar-refractivity contribution in [3.8, 4) is 0 Å². The zero-order valence-electron chi connectivity index (χ0n) is 25.0. The lowest BCUT2D eigenvalue weighted by atomic mass is 9.93. The molecule has 1 aliphatic carbocycles. The number of amides is 3. The minimum atomic E-state index is -0.817. The SMILES string of the molecule is CCCCCN(C(=O)C(NC(=O)OC(C)(C)C)C(C)C)C(C(=O)NC1CCCCC1)c1ccc(C)c(C)c1. The van der Waals surface area contributed by atoms with Gasteiger partial charge in [-0.3, -0.25) is 9.59 Å². The van der Waals surface area contributed by atoms with Crippen LogP contribution in [-0.2, 0) is 14.3 Å². The molecule has 0 radical (unpaired) electrons. The van der Waals surface area contributed by atoms with Gasteiger partial charge in [-0.15, -0.1) is 0 Å². The second kappa shape index (κ2) is 14.5. The van der Waals surface area contributed by atoms with Gasteiger partial charge in [0.2, 0.25) is 11.8 Å². The molecule has 0 bridgehead atoms. The molecule has 0 spiro atoms. The van der Waals surface area contributed by atoms with E-state index in [0.29, 0.717) is 6.54 Å². The van der Waals surface area contributed by atoms with Crippen LogP contribution in [0.5, 0.6) is 0 Å². The first-order valence-electron chi connectivity index (χ1n) is 14.5. The van der Waals surface area contributed by atoms with Crippen LogP contribution >= 0.6 is 0 Å². The molecular weight excluding hydrogens is 478 g/mol. The van der Waals surface area contributed by atoms with E-state index < -0.39 is 23.8 Å². The van der Waals surface area contributed by atoms with E-state index in [-0.39, 0.29) is 23.8 Å². The molecule has 2 rings (SSSR count). The Kier molecular flexibility index (Phi) is 12.1. The number of nitrogens with zero attached hydrogens (tertiary/aromatic N) is 1. The van der Waals surface area contributed by atoms with Crippen molar-refractivity contribution < 1.29 is 19.1 Å². The zero-order chi connectivity index (χ0) is 28.5. The van der Waals surface area contributed by atoms with E-state index in [0.717, 1.165) is 61.6 Å². The van der Waals surface area contributed by atoms with Gasteiger partial charge in [0, 0.05) is 12.6 Å². The van der Waals surface area contributed by atoms with Crippen LogP contribution in [-0.4, -0.2) is 47.0 Å². The van der Waals surface area contributed by atoms with Gasteiger partial charge < -0.3 is 20.3 Å². The minimum Gasteiger partial charge on any atom is -0.444 e. The van der Waals surface area contributed by atoms with Gasteiger partial charge in [0.25, 0.3) is 0 Å². The fourth-order valence-electron chi connectivity index (χ4n) is 4.96. The van der Waals surface area contributed by atoms with Crippen LogP contribution in [0.3, 0.4) is 0 Å². The molecule has 214 valence electrons. The zero-order valence-corrected chi connectivity index (χ0v) is 25.0. The second-order valence-corrected chi connectivity index (χ2v) is 12.2. The van der Waals surface area contributed by atoms with E-state index in [2.05, 4.69) is 17.6 Å². The van der Waals surface area contributed by atoms with Gasteiger partial charge in [-0.1, -0.05) is 71.1 Å². The van der Waals surface area contributed by atoms with E-state index >= 15 is 0 Å². The number of hydrogen-bond donors (Lipinski definition) is 2. The maximum absolute atomic E-state index is 14.2. The van der Waals surface area contributed by atoms with Crippen molar-refractivity contribution in [3.63, 3.8) is 0 Å². The molecule has 0 heterocycles. The summed E-state index contributed by atoms with van der Waals surface area (Å²) in [4.78, 5) is 42.6. The van der Waals surface area contributed by atoms with Crippen molar-refractivity contribution in [2.75, 3.05) is 6.54 Å². The van der Waals surface area contributed by atoms with Gasteiger partial charge in [-0.25, -0.2) is 4.79 Å². The first-order chi connectivity index (χ1) is 17.8. The lowest BCUT2D eigenvalue weighted by Gasteiger charge is -2.37. The Balaban J connectivity index is 2.48. The number of unbranched alkanes of at least 4 members (excludes halogenated alkanes) is 2. The predicted molar refractivity (Wildman–Crippen MR) is 153 cm³/mol. The number of ether oxygens (including phenoxy) is 1. The summed E-state index contributed by atoms with van der Waals surface area (Å²) in [5.41, 5.74) is 2.32. The summed E-state index contributed by atoms with van der Waals surface area (Å²) in [5.74, 6) is -0.598. The third kappa shape index (κ3) is 9.63. The normalized spacial score (nSPS) is 16.0. The number of hydrogen-bond acceptors (Lipinski definition) is 4. The number of nitrogens with one attached hydrogen (secondary N) is 2. The number of alkyl carbamates (subject to hydrolysis) is 1. The van der Waals surface area contributed by atoms with Crippen LogP contribution in [0.25, 0.3) is 0 Å². The Hall–Kier alpha value is -2.57. The standard InChI is InChI=1S/C31H51N3O4/c1-9-10-14-19-34(29(36)26(21(2)3)33-30(37)38-31(6,7)8)27(24-18-17-22(4)23(5)20-24)28(35)32-25-15-12-11-13-16-25/h17-18,20-21,25-27H,9-16,19H2,1-8H3,(H,32,35)(H,33,37). The topological polar surface area (TPSA) is 87.7 Å². The number of rotatable bonds is 11. The van der Waals surface area contributed by atoms with E-state index in [1.54, 1.807) is 25.7 Å². The highest BCUT2D eigenvalue weighted by molar-refractivity contribution is 5.92. The van der Waals surface area contributed by atoms with Crippen molar-refractivity contribution in [3.05, 3.63) is 34.9 Å². The Morgan fingerprint density at radius 3 is 2.24 bits per heavy atom. The van der Waals surface area contributed by atoms with E-state index in [1.807, 2.05) is 45.9 Å². The molecule has 1 aliphatic rings. The summed E-state index contributed by atoms with van der Waals surface area (Å²) >= 11 is 0. The van der Waals surface area contributed by atoms with Gasteiger partial charge in [0.1, 0.15) is 17.7 Å². The summed E-state index contributed by atoms with van der Waals surface area (Å²) in [6.45, 7) is 15.8. The van der Waals surface area contributed by atoms with Gasteiger partial charge in [0.15, 0.2) is 0 Å². The van der Waals surface area contributed by atoms with Crippen LogP contribution in [0, 0.1) is 19.8 Å². The van der Waals surface area contributed by atoms with E-state index in [9.17, 15) is 14.4 Å². The lowest BCUT2D eigenvalue weighted by molar-refractivity contribution is -0.143. The molecule has 2 unspecified atom stereocenters. The van der Waals surface area contributed by atoms with Gasteiger partial charge in [-0.05, 0) is 76.5 Å². The molecule has 0 saturated heterocycles. The quantitative estimate of drug-likeness (QED) is 0.327. The van der Waals surface area contributed by atoms with Gasteiger partial charge in [-0.2, -0.15) is 0 Å². The first-order valence-corrected chi connectivity index (χ1v) is 14.5. The minimum absolute atomic E-state index is 0.124. The Labute approximate surface area is 230 Å². The number of carbonyl (C=O) groups is 3. The number of carbonyl (C=O) groups excluding carboxylic acids is 3. The monoisotopic (exact) mass is 529 g/mol. The predicted octanol–water partition coefficient (Wildman–Crippen LogP) is 6.36. The average molecular weight is 530 g/mol. The molecule has 3 amide bonds. The van der Waals surface area contributed by atoms with Crippen LogP contribution in [0.15, 0.2) is 18.2 Å². The molecular formula is C31H51N3O4. The van der Waals surface area contributed by atoms with Gasteiger partial charge in [0.05, 0.1) is 0 Å². The van der Waals surface area contributed by atoms with Crippen molar-refractivity contribution >= 4 is 17.9 Å². The maximum atomic E-state index is 14.2. The summed E-state index contributed by atoms with van der Waals surface area (Å²) in [6, 6.07) is 4.52. The van der Waals surface area contributed by atoms with Crippen molar-refractivity contribution in [2.24, 2.45) is 5.92 Å². The summed E-state index contributed by atoms with van der Waals surface area (Å²) in [6.07, 6.45) is 7.41. The molecule has 0 aliphatic heterocycles. The van der Waals surface area contributed by atoms with Crippen LogP contribution in [0.2, 0.25) is 0 Å². The molecule has 2 N–H and O–H groups in total. The summed E-state index contributed by atoms with van der Waals surface area (Å²) < 4.78 is 5.47. The van der Waals surface area contributed by atoms with Crippen LogP contribution in [0.1, 0.15) is 116 Å². The summed E-state index contributed by atoms with van der Waals surface area (Å²) in [5, 5.41) is 6.08. The van der Waals surface area contributed by atoms with E-state index in [1.165, 1.54) is 6.42 Å². The Morgan fingerprint density at radius 1 is 1.03 bits per heavy atom. The van der Waals surface area contributed by atoms with Crippen LogP contribution < -0.4 is 10.6 Å². The van der Waals surface area contributed by atoms with E-state index in [4.69, 9.17) is 4.74 Å². The van der Waals surface area contributed by atoms with Crippen molar-refractivity contribution in [1.82, 2.24) is 15.5 Å². The fourth-order valence-corrected chi connectivity index (χ4v) is 4.96. The van der Waals surface area contributed by atoms with Crippen molar-refractivity contribution in [2.45, 2.75) is 130 Å². The highest BCUT2D eigenvalue weighted by Crippen LogP contribution is 2.28. The molecule has 7 heteroatoms. The second-order valence-electron chi connectivity index (χ2n) is 12.2. The number of benzene rings is 1. The largest absolute Gasteiger partial charge is 0.444 e. The average Bonchev–Trinajstić information content (AvgIpc) is 2.83. The molecule has 1 fully saturated rings. The molecule has 1 aromatic carbocycles. The highest BCUT2D eigenvalue weighted by atomic mass is 16.6. The van der Waals surface area contributed by atoms with Crippen LogP contribution in [0.4, 0.5) is 4.79 Å². The molecule has 38 heavy (non-hydrogen) atoms. The molecule has 1 saturated carbocycles. The third-order valence-corrected chi connectivity index (χ3v) is 7.25. The highest BCUT2D eigenvalue weighted by Gasteiger charge is 2.38. The smallest absolute Gasteiger partial charge is 0.408 e. The molecule has 1 aromatic rings. The molecule has 0 aromatic heterocycles. The summed E-state index contributed by atoms with van der Waals surface area (Å²) in [7, 11) is 0. The fraction of sp³-hybridized carbons (Fsp3) is 0.710. The number of aryl methyl sites for hydroxylation is 2. The molecule has 2 atom stereocenters.